The molecule has 10 heteroatoms. The average molecular weight is 395 g/mol. The molecular weight excluding hydrogens is 372 g/mol. The number of thiocarbonyl (C=S) groups is 2. The van der Waals surface area contributed by atoms with Gasteiger partial charge in [0.2, 0.25) is 0 Å². The molecule has 0 amide bonds. The molecular formula is C13H22N4O2S4. The number of nitrogens with zero attached hydrogens (tertiary/aromatic N) is 4. The third-order valence-corrected chi connectivity index (χ3v) is 7.08. The van der Waals surface area contributed by atoms with E-state index in [1.54, 1.807) is 11.8 Å². The van der Waals surface area contributed by atoms with Gasteiger partial charge in [-0.3, -0.25) is 9.80 Å². The molecule has 2 heterocycles. The molecule has 0 saturated carbocycles. The van der Waals surface area contributed by atoms with Crippen molar-refractivity contribution in [3.8, 4) is 0 Å². The van der Waals surface area contributed by atoms with Gasteiger partial charge in [0.1, 0.15) is 14.7 Å². The van der Waals surface area contributed by atoms with Crippen LogP contribution < -0.4 is 0 Å². The highest BCUT2D eigenvalue weighted by atomic mass is 32.2. The van der Waals surface area contributed by atoms with Crippen LogP contribution in [0.25, 0.3) is 0 Å². The summed E-state index contributed by atoms with van der Waals surface area (Å²) in [6.45, 7) is 7.55. The Kier molecular flexibility index (Phi) is 7.36. The van der Waals surface area contributed by atoms with Crippen molar-refractivity contribution in [1.29, 1.82) is 0 Å². The zero-order valence-corrected chi connectivity index (χ0v) is 16.6. The minimum absolute atomic E-state index is 0.357. The Balaban J connectivity index is 2.09. The van der Waals surface area contributed by atoms with E-state index in [0.29, 0.717) is 24.2 Å². The van der Waals surface area contributed by atoms with Crippen molar-refractivity contribution in [2.45, 2.75) is 19.9 Å². The summed E-state index contributed by atoms with van der Waals surface area (Å²) < 4.78 is 1.42. The van der Waals surface area contributed by atoms with Gasteiger partial charge >= 0.3 is 5.97 Å². The predicted octanol–water partition coefficient (Wildman–Crippen LogP) is 1.58. The number of carboxylic acids is 1. The van der Waals surface area contributed by atoms with Crippen LogP contribution in [0.15, 0.2) is 0 Å². The highest BCUT2D eigenvalue weighted by Crippen LogP contribution is 2.24. The lowest BCUT2D eigenvalue weighted by Crippen LogP contribution is -2.58. The van der Waals surface area contributed by atoms with E-state index in [2.05, 4.69) is 23.6 Å². The second-order valence-electron chi connectivity index (χ2n) is 5.38. The van der Waals surface area contributed by atoms with E-state index < -0.39 is 12.0 Å². The molecule has 0 radical (unpaired) electrons. The lowest BCUT2D eigenvalue weighted by molar-refractivity contribution is -0.142. The zero-order valence-electron chi connectivity index (χ0n) is 13.3. The maximum atomic E-state index is 11.9. The summed E-state index contributed by atoms with van der Waals surface area (Å²) >= 11 is 13.9. The molecule has 0 bridgehead atoms. The second kappa shape index (κ2) is 8.82. The summed E-state index contributed by atoms with van der Waals surface area (Å²) in [4.78, 5) is 20.1. The maximum Gasteiger partial charge on any atom is 0.328 e. The van der Waals surface area contributed by atoms with E-state index in [1.807, 2.05) is 9.80 Å². The molecule has 0 spiro atoms. The van der Waals surface area contributed by atoms with Gasteiger partial charge in [-0.05, 0) is 13.1 Å². The first-order chi connectivity index (χ1) is 11.0. The van der Waals surface area contributed by atoms with Gasteiger partial charge in [0.05, 0.1) is 31.6 Å². The van der Waals surface area contributed by atoms with Crippen molar-refractivity contribution in [3.63, 3.8) is 0 Å². The van der Waals surface area contributed by atoms with Gasteiger partial charge in [-0.2, -0.15) is 0 Å². The number of carbonyl (C=O) groups is 1. The van der Waals surface area contributed by atoms with Gasteiger partial charge in [-0.25, -0.2) is 4.79 Å². The second-order valence-corrected chi connectivity index (χ2v) is 8.54. The maximum absolute atomic E-state index is 11.9. The normalized spacial score (nSPS) is 22.5. The first-order valence-corrected chi connectivity index (χ1v) is 10.3. The largest absolute Gasteiger partial charge is 0.480 e. The molecule has 23 heavy (non-hydrogen) atoms. The van der Waals surface area contributed by atoms with Gasteiger partial charge in [-0.1, -0.05) is 61.8 Å². The zero-order chi connectivity index (χ0) is 17.0. The number of thioether (sulfide) groups is 2. The van der Waals surface area contributed by atoms with Crippen LogP contribution >= 0.6 is 48.0 Å². The summed E-state index contributed by atoms with van der Waals surface area (Å²) in [7, 11) is 0. The van der Waals surface area contributed by atoms with E-state index in [0.717, 1.165) is 29.2 Å². The van der Waals surface area contributed by atoms with E-state index in [-0.39, 0.29) is 0 Å². The minimum atomic E-state index is -0.854. The van der Waals surface area contributed by atoms with Gasteiger partial charge < -0.3 is 14.9 Å². The van der Waals surface area contributed by atoms with Crippen molar-refractivity contribution in [2.75, 3.05) is 44.7 Å². The molecule has 2 aliphatic heterocycles. The van der Waals surface area contributed by atoms with Crippen LogP contribution in [0.1, 0.15) is 13.8 Å². The highest BCUT2D eigenvalue weighted by Gasteiger charge is 2.35. The number of rotatable bonds is 6. The fourth-order valence-electron chi connectivity index (χ4n) is 2.38. The van der Waals surface area contributed by atoms with Crippen molar-refractivity contribution in [1.82, 2.24) is 19.6 Å². The van der Waals surface area contributed by atoms with Crippen LogP contribution in [0.3, 0.4) is 0 Å². The molecule has 2 aliphatic rings. The molecule has 1 atom stereocenters. The lowest BCUT2D eigenvalue weighted by atomic mass is 10.2. The van der Waals surface area contributed by atoms with Gasteiger partial charge in [0.15, 0.2) is 0 Å². The van der Waals surface area contributed by atoms with Crippen LogP contribution in [-0.2, 0) is 4.79 Å². The lowest BCUT2D eigenvalue weighted by Gasteiger charge is -2.43. The third-order valence-electron chi connectivity index (χ3n) is 3.91. The smallest absolute Gasteiger partial charge is 0.328 e. The highest BCUT2D eigenvalue weighted by molar-refractivity contribution is 8.23. The first kappa shape index (κ1) is 19.2. The van der Waals surface area contributed by atoms with Gasteiger partial charge in [0.25, 0.3) is 0 Å². The molecule has 2 fully saturated rings. The number of aliphatic carboxylic acids is 1. The molecule has 6 nitrogen and oxygen atoms in total. The minimum Gasteiger partial charge on any atom is -0.480 e. The molecule has 0 aliphatic carbocycles. The molecule has 0 aromatic carbocycles. The van der Waals surface area contributed by atoms with E-state index in [1.165, 1.54) is 11.8 Å². The Bertz CT molecular complexity index is 479. The molecule has 2 rings (SSSR count). The summed E-state index contributed by atoms with van der Waals surface area (Å²) in [5.41, 5.74) is 0. The monoisotopic (exact) mass is 394 g/mol. The standard InChI is InChI=1S/C13H22N4O2S4/c1-3-14-6-16(12(20)22-8-14)5-10(11(18)19)17-7-15(4-2)9-23-13(17)21/h10H,3-9H2,1-2H3,(H,18,19). The molecule has 0 aromatic rings. The predicted molar refractivity (Wildman–Crippen MR) is 105 cm³/mol. The summed E-state index contributed by atoms with van der Waals surface area (Å²) in [5.74, 6) is 0.831. The van der Waals surface area contributed by atoms with Crippen molar-refractivity contribution < 1.29 is 9.90 Å². The molecule has 2 saturated heterocycles. The first-order valence-electron chi connectivity index (χ1n) is 7.48. The molecule has 0 aromatic heterocycles. The van der Waals surface area contributed by atoms with Crippen LogP contribution in [0.2, 0.25) is 0 Å². The summed E-state index contributed by atoms with van der Waals surface area (Å²) in [6, 6.07) is -0.681. The SMILES string of the molecule is CCN1CSC(=S)N(CC(C(=O)O)N2CN(CC)CSC2=S)C1. The number of carboxylic acid groups (broad SMARTS) is 1. The Morgan fingerprint density at radius 1 is 1.13 bits per heavy atom. The van der Waals surface area contributed by atoms with E-state index in [9.17, 15) is 9.90 Å². The van der Waals surface area contributed by atoms with Crippen molar-refractivity contribution >= 4 is 62.6 Å². The fraction of sp³-hybridized carbons (Fsp3) is 0.769. The molecule has 1 N–H and O–H groups in total. The quantitative estimate of drug-likeness (QED) is 0.672. The number of hydrogen-bond donors (Lipinski definition) is 1. The molecule has 1 unspecified atom stereocenters. The Hall–Kier alpha value is -0.130. The Morgan fingerprint density at radius 3 is 2.26 bits per heavy atom. The van der Waals surface area contributed by atoms with Crippen LogP contribution in [0.5, 0.6) is 0 Å². The fourth-order valence-corrected chi connectivity index (χ4v) is 4.79. The van der Waals surface area contributed by atoms with Gasteiger partial charge in [0, 0.05) is 0 Å². The van der Waals surface area contributed by atoms with Crippen LogP contribution in [0, 0.1) is 0 Å². The van der Waals surface area contributed by atoms with Crippen molar-refractivity contribution in [2.24, 2.45) is 0 Å². The third kappa shape index (κ3) is 4.93. The van der Waals surface area contributed by atoms with Crippen molar-refractivity contribution in [3.05, 3.63) is 0 Å². The Labute approximate surface area is 156 Å². The molecule has 130 valence electrons. The average Bonchev–Trinajstić information content (AvgIpc) is 2.54. The van der Waals surface area contributed by atoms with Crippen LogP contribution in [-0.4, -0.2) is 90.1 Å². The van der Waals surface area contributed by atoms with Gasteiger partial charge in [-0.15, -0.1) is 0 Å². The van der Waals surface area contributed by atoms with Crippen LogP contribution in [0.4, 0.5) is 0 Å². The summed E-state index contributed by atoms with van der Waals surface area (Å²) in [5, 5.41) is 9.72. The van der Waals surface area contributed by atoms with E-state index in [4.69, 9.17) is 24.4 Å². The number of hydrogen-bond acceptors (Lipinski definition) is 7. The Morgan fingerprint density at radius 2 is 1.70 bits per heavy atom. The topological polar surface area (TPSA) is 50.3 Å². The summed E-state index contributed by atoms with van der Waals surface area (Å²) in [6.07, 6.45) is 0. The van der Waals surface area contributed by atoms with E-state index >= 15 is 0 Å².